The molecule has 0 spiro atoms. The lowest BCUT2D eigenvalue weighted by Gasteiger charge is -2.39. The molecule has 0 radical (unpaired) electrons. The first-order valence-corrected chi connectivity index (χ1v) is 6.21. The molecule has 1 N–H and O–H groups in total. The molecule has 1 aliphatic rings. The van der Waals surface area contributed by atoms with Crippen molar-refractivity contribution in [2.75, 3.05) is 19.7 Å². The third-order valence-corrected chi connectivity index (χ3v) is 3.12. The molecule has 3 nitrogen and oxygen atoms in total. The van der Waals surface area contributed by atoms with Crippen LogP contribution in [0.15, 0.2) is 0 Å². The second kappa shape index (κ2) is 6.46. The number of hydrogen-bond donors (Lipinski definition) is 1. The van der Waals surface area contributed by atoms with Gasteiger partial charge in [-0.1, -0.05) is 20.3 Å². The molecule has 1 heterocycles. The minimum absolute atomic E-state index is 0.172. The van der Waals surface area contributed by atoms with Crippen molar-refractivity contribution < 1.29 is 9.84 Å². The number of ether oxygens (including phenoxy) is 1. The summed E-state index contributed by atoms with van der Waals surface area (Å²) in [6.07, 6.45) is 3.20. The second-order valence-electron chi connectivity index (χ2n) is 4.60. The quantitative estimate of drug-likeness (QED) is 0.757. The summed E-state index contributed by atoms with van der Waals surface area (Å²) in [5, 5.41) is 9.82. The lowest BCUT2D eigenvalue weighted by atomic mass is 10.1. The monoisotopic (exact) mass is 215 g/mol. The van der Waals surface area contributed by atoms with E-state index in [1.54, 1.807) is 0 Å². The fourth-order valence-corrected chi connectivity index (χ4v) is 2.21. The predicted molar refractivity (Wildman–Crippen MR) is 62.0 cm³/mol. The van der Waals surface area contributed by atoms with Crippen molar-refractivity contribution in [3.63, 3.8) is 0 Å². The van der Waals surface area contributed by atoms with E-state index in [-0.39, 0.29) is 6.10 Å². The van der Waals surface area contributed by atoms with E-state index in [0.717, 1.165) is 39.0 Å². The molecule has 15 heavy (non-hydrogen) atoms. The van der Waals surface area contributed by atoms with Crippen LogP contribution in [0, 0.1) is 0 Å². The van der Waals surface area contributed by atoms with Crippen LogP contribution in [0.5, 0.6) is 0 Å². The van der Waals surface area contributed by atoms with Crippen molar-refractivity contribution in [3.05, 3.63) is 0 Å². The Morgan fingerprint density at radius 2 is 2.20 bits per heavy atom. The summed E-state index contributed by atoms with van der Waals surface area (Å²) in [5.41, 5.74) is 0. The molecule has 0 aromatic carbocycles. The van der Waals surface area contributed by atoms with Gasteiger partial charge in [0.1, 0.15) is 0 Å². The topological polar surface area (TPSA) is 32.7 Å². The van der Waals surface area contributed by atoms with E-state index >= 15 is 0 Å². The SMILES string of the molecule is CCCC(O)CN1CC(C)OCC1CC. The summed E-state index contributed by atoms with van der Waals surface area (Å²) < 4.78 is 5.63. The van der Waals surface area contributed by atoms with Crippen LogP contribution in [0.3, 0.4) is 0 Å². The summed E-state index contributed by atoms with van der Waals surface area (Å²) in [5.74, 6) is 0. The molecular weight excluding hydrogens is 190 g/mol. The van der Waals surface area contributed by atoms with E-state index in [4.69, 9.17) is 4.74 Å². The maximum Gasteiger partial charge on any atom is 0.0674 e. The molecule has 0 saturated carbocycles. The van der Waals surface area contributed by atoms with E-state index in [1.165, 1.54) is 0 Å². The lowest BCUT2D eigenvalue weighted by Crippen LogP contribution is -2.50. The molecule has 0 aromatic rings. The highest BCUT2D eigenvalue weighted by Gasteiger charge is 2.26. The minimum Gasteiger partial charge on any atom is -0.392 e. The Morgan fingerprint density at radius 1 is 1.47 bits per heavy atom. The van der Waals surface area contributed by atoms with Gasteiger partial charge in [0.15, 0.2) is 0 Å². The Kier molecular flexibility index (Phi) is 5.58. The van der Waals surface area contributed by atoms with Crippen molar-refractivity contribution >= 4 is 0 Å². The molecule has 3 atom stereocenters. The van der Waals surface area contributed by atoms with Crippen LogP contribution in [-0.4, -0.2) is 48.0 Å². The highest BCUT2D eigenvalue weighted by atomic mass is 16.5. The van der Waals surface area contributed by atoms with Crippen molar-refractivity contribution in [2.45, 2.75) is 58.3 Å². The van der Waals surface area contributed by atoms with Crippen LogP contribution in [0.4, 0.5) is 0 Å². The van der Waals surface area contributed by atoms with Gasteiger partial charge in [0.25, 0.3) is 0 Å². The molecule has 1 fully saturated rings. The van der Waals surface area contributed by atoms with Gasteiger partial charge in [0.2, 0.25) is 0 Å². The summed E-state index contributed by atoms with van der Waals surface area (Å²) in [6.45, 7) is 8.98. The van der Waals surface area contributed by atoms with Crippen molar-refractivity contribution in [2.24, 2.45) is 0 Å². The average molecular weight is 215 g/mol. The Balaban J connectivity index is 2.40. The van der Waals surface area contributed by atoms with Crippen molar-refractivity contribution in [1.82, 2.24) is 4.90 Å². The largest absolute Gasteiger partial charge is 0.392 e. The molecule has 0 amide bonds. The number of β-amino-alcohol motifs (C(OH)–C–C–N with tert-alkyl or cyclic N) is 1. The number of morpholine rings is 1. The van der Waals surface area contributed by atoms with E-state index in [2.05, 4.69) is 25.7 Å². The smallest absolute Gasteiger partial charge is 0.0674 e. The fraction of sp³-hybridized carbons (Fsp3) is 1.00. The molecular formula is C12H25NO2. The first-order chi connectivity index (χ1) is 7.17. The standard InChI is InChI=1S/C12H25NO2/c1-4-6-12(14)8-13-7-10(3)15-9-11(13)5-2/h10-12,14H,4-9H2,1-3H3. The highest BCUT2D eigenvalue weighted by Crippen LogP contribution is 2.15. The minimum atomic E-state index is -0.172. The van der Waals surface area contributed by atoms with Gasteiger partial charge < -0.3 is 9.84 Å². The highest BCUT2D eigenvalue weighted by molar-refractivity contribution is 4.79. The summed E-state index contributed by atoms with van der Waals surface area (Å²) in [6, 6.07) is 0.493. The van der Waals surface area contributed by atoms with Gasteiger partial charge in [-0.25, -0.2) is 0 Å². The van der Waals surface area contributed by atoms with Crippen LogP contribution >= 0.6 is 0 Å². The molecule has 1 aliphatic heterocycles. The number of nitrogens with zero attached hydrogens (tertiary/aromatic N) is 1. The fourth-order valence-electron chi connectivity index (χ4n) is 2.21. The molecule has 0 aromatic heterocycles. The Morgan fingerprint density at radius 3 is 2.80 bits per heavy atom. The molecule has 0 aliphatic carbocycles. The number of rotatable bonds is 5. The van der Waals surface area contributed by atoms with E-state index in [0.29, 0.717) is 12.1 Å². The Hall–Kier alpha value is -0.120. The van der Waals surface area contributed by atoms with Gasteiger partial charge in [-0.2, -0.15) is 0 Å². The van der Waals surface area contributed by atoms with Gasteiger partial charge in [-0.15, -0.1) is 0 Å². The van der Waals surface area contributed by atoms with Gasteiger partial charge in [-0.3, -0.25) is 4.90 Å². The summed E-state index contributed by atoms with van der Waals surface area (Å²) in [7, 11) is 0. The number of aliphatic hydroxyl groups excluding tert-OH is 1. The van der Waals surface area contributed by atoms with Gasteiger partial charge in [-0.05, 0) is 19.8 Å². The maximum atomic E-state index is 9.82. The molecule has 90 valence electrons. The third-order valence-electron chi connectivity index (χ3n) is 3.12. The molecule has 1 saturated heterocycles. The molecule has 1 rings (SSSR count). The lowest BCUT2D eigenvalue weighted by molar-refractivity contribution is -0.0683. The van der Waals surface area contributed by atoms with Gasteiger partial charge in [0.05, 0.1) is 18.8 Å². The van der Waals surface area contributed by atoms with Crippen molar-refractivity contribution in [1.29, 1.82) is 0 Å². The first kappa shape index (κ1) is 12.9. The van der Waals surface area contributed by atoms with Crippen LogP contribution in [0.25, 0.3) is 0 Å². The van der Waals surface area contributed by atoms with Gasteiger partial charge >= 0.3 is 0 Å². The zero-order valence-electron chi connectivity index (χ0n) is 10.3. The summed E-state index contributed by atoms with van der Waals surface area (Å²) in [4.78, 5) is 2.38. The average Bonchev–Trinajstić information content (AvgIpc) is 2.18. The van der Waals surface area contributed by atoms with Crippen LogP contribution < -0.4 is 0 Å². The number of hydrogen-bond acceptors (Lipinski definition) is 3. The Bertz CT molecular complexity index is 175. The predicted octanol–water partition coefficient (Wildman–Crippen LogP) is 1.65. The third kappa shape index (κ3) is 4.09. The second-order valence-corrected chi connectivity index (χ2v) is 4.60. The number of aliphatic hydroxyl groups is 1. The molecule has 0 bridgehead atoms. The van der Waals surface area contributed by atoms with Crippen LogP contribution in [-0.2, 0) is 4.74 Å². The zero-order chi connectivity index (χ0) is 11.3. The van der Waals surface area contributed by atoms with E-state index < -0.39 is 0 Å². The van der Waals surface area contributed by atoms with Crippen LogP contribution in [0.1, 0.15) is 40.0 Å². The molecule has 3 unspecified atom stereocenters. The Labute approximate surface area is 93.4 Å². The maximum absolute atomic E-state index is 9.82. The first-order valence-electron chi connectivity index (χ1n) is 6.21. The zero-order valence-corrected chi connectivity index (χ0v) is 10.3. The summed E-state index contributed by atoms with van der Waals surface area (Å²) >= 11 is 0. The molecule has 3 heteroatoms. The van der Waals surface area contributed by atoms with Crippen molar-refractivity contribution in [3.8, 4) is 0 Å². The van der Waals surface area contributed by atoms with Crippen LogP contribution in [0.2, 0.25) is 0 Å². The van der Waals surface area contributed by atoms with E-state index in [9.17, 15) is 5.11 Å². The van der Waals surface area contributed by atoms with Gasteiger partial charge in [0, 0.05) is 19.1 Å². The van der Waals surface area contributed by atoms with E-state index in [1.807, 2.05) is 0 Å². The normalized spacial score (nSPS) is 30.4.